The number of benzene rings is 1. The molecule has 1 aromatic rings. The van der Waals surface area contributed by atoms with E-state index in [1.54, 1.807) is 0 Å². The van der Waals surface area contributed by atoms with Crippen molar-refractivity contribution in [2.75, 3.05) is 18.4 Å². The van der Waals surface area contributed by atoms with E-state index in [-0.39, 0.29) is 23.7 Å². The predicted octanol–water partition coefficient (Wildman–Crippen LogP) is 3.59. The summed E-state index contributed by atoms with van der Waals surface area (Å²) < 4.78 is 1.02. The van der Waals surface area contributed by atoms with Crippen LogP contribution in [0.1, 0.15) is 31.7 Å². The Morgan fingerprint density at radius 1 is 1.30 bits per heavy atom. The van der Waals surface area contributed by atoms with Crippen LogP contribution < -0.4 is 5.32 Å². The number of piperidine rings is 1. The smallest absolute Gasteiger partial charge is 0.228 e. The van der Waals surface area contributed by atoms with Gasteiger partial charge in [0, 0.05) is 23.2 Å². The number of carbonyl (C=O) groups is 2. The minimum absolute atomic E-state index is 0.0323. The molecule has 2 aliphatic rings. The molecule has 3 rings (SSSR count). The molecular formula is C18H23BrN2O2. The Bertz CT molecular complexity index is 631. The Kier molecular flexibility index (Phi) is 4.76. The predicted molar refractivity (Wildman–Crippen MR) is 94.1 cm³/mol. The first-order valence-electron chi connectivity index (χ1n) is 8.31. The van der Waals surface area contributed by atoms with Crippen molar-refractivity contribution in [3.8, 4) is 0 Å². The minimum Gasteiger partial charge on any atom is -0.342 e. The van der Waals surface area contributed by atoms with Crippen LogP contribution in [0.15, 0.2) is 22.7 Å². The van der Waals surface area contributed by atoms with E-state index in [0.717, 1.165) is 35.2 Å². The average molecular weight is 379 g/mol. The molecule has 1 aromatic carbocycles. The normalized spacial score (nSPS) is 26.7. The fraction of sp³-hybridized carbons (Fsp3) is 0.556. The van der Waals surface area contributed by atoms with Crippen molar-refractivity contribution in [3.05, 3.63) is 28.2 Å². The number of hydrogen-bond donors (Lipinski definition) is 1. The molecule has 0 spiro atoms. The summed E-state index contributed by atoms with van der Waals surface area (Å²) in [6.07, 6.45) is 2.96. The molecule has 1 aliphatic heterocycles. The highest BCUT2D eigenvalue weighted by Crippen LogP contribution is 2.41. The second kappa shape index (κ2) is 6.63. The fourth-order valence-corrected chi connectivity index (χ4v) is 3.59. The number of anilines is 1. The average Bonchev–Trinajstić information content (AvgIpc) is 3.31. The van der Waals surface area contributed by atoms with Crippen molar-refractivity contribution in [1.29, 1.82) is 0 Å². The fourth-order valence-electron chi connectivity index (χ4n) is 3.34. The third kappa shape index (κ3) is 3.77. The van der Waals surface area contributed by atoms with Gasteiger partial charge in [-0.3, -0.25) is 9.59 Å². The Labute approximate surface area is 145 Å². The Morgan fingerprint density at radius 3 is 2.78 bits per heavy atom. The van der Waals surface area contributed by atoms with Gasteiger partial charge in [-0.05, 0) is 55.9 Å². The monoisotopic (exact) mass is 378 g/mol. The zero-order valence-corrected chi connectivity index (χ0v) is 15.2. The van der Waals surface area contributed by atoms with Crippen molar-refractivity contribution < 1.29 is 9.59 Å². The maximum atomic E-state index is 12.5. The number of hydrogen-bond acceptors (Lipinski definition) is 2. The summed E-state index contributed by atoms with van der Waals surface area (Å²) in [4.78, 5) is 26.8. The highest BCUT2D eigenvalue weighted by molar-refractivity contribution is 9.10. The molecule has 4 nitrogen and oxygen atoms in total. The summed E-state index contributed by atoms with van der Waals surface area (Å²) in [6, 6.07) is 5.74. The Hall–Kier alpha value is -1.36. The van der Waals surface area contributed by atoms with Crippen molar-refractivity contribution in [3.63, 3.8) is 0 Å². The maximum Gasteiger partial charge on any atom is 0.228 e. The number of nitrogens with one attached hydrogen (secondary N) is 1. The minimum atomic E-state index is -0.163. The molecule has 1 N–H and O–H groups in total. The number of halogens is 1. The molecule has 124 valence electrons. The summed E-state index contributed by atoms with van der Waals surface area (Å²) in [5.74, 6) is 0.434. The van der Waals surface area contributed by atoms with Gasteiger partial charge in [0.25, 0.3) is 0 Å². The molecule has 3 atom stereocenters. The molecule has 1 aliphatic carbocycles. The first-order valence-corrected chi connectivity index (χ1v) is 9.11. The second-order valence-corrected chi connectivity index (χ2v) is 7.79. The lowest BCUT2D eigenvalue weighted by atomic mass is 10.00. The van der Waals surface area contributed by atoms with Crippen LogP contribution in [0.5, 0.6) is 0 Å². The number of likely N-dealkylation sites (tertiary alicyclic amines) is 1. The van der Waals surface area contributed by atoms with Crippen molar-refractivity contribution in [2.24, 2.45) is 17.8 Å². The van der Waals surface area contributed by atoms with Crippen LogP contribution in [-0.4, -0.2) is 29.8 Å². The van der Waals surface area contributed by atoms with E-state index in [2.05, 4.69) is 28.2 Å². The number of nitrogens with zero attached hydrogens (tertiary/aromatic N) is 1. The van der Waals surface area contributed by atoms with Crippen LogP contribution in [0.3, 0.4) is 0 Å². The van der Waals surface area contributed by atoms with E-state index in [1.807, 2.05) is 30.0 Å². The van der Waals surface area contributed by atoms with Crippen molar-refractivity contribution in [1.82, 2.24) is 4.90 Å². The van der Waals surface area contributed by atoms with Crippen LogP contribution in [-0.2, 0) is 9.59 Å². The zero-order chi connectivity index (χ0) is 16.6. The van der Waals surface area contributed by atoms with E-state index < -0.39 is 0 Å². The van der Waals surface area contributed by atoms with Gasteiger partial charge in [0.15, 0.2) is 0 Å². The van der Waals surface area contributed by atoms with E-state index in [4.69, 9.17) is 0 Å². The van der Waals surface area contributed by atoms with E-state index in [0.29, 0.717) is 12.3 Å². The van der Waals surface area contributed by atoms with Crippen LogP contribution >= 0.6 is 15.9 Å². The van der Waals surface area contributed by atoms with Gasteiger partial charge in [0.1, 0.15) is 0 Å². The number of aryl methyl sites for hydroxylation is 1. The first-order chi connectivity index (χ1) is 11.0. The van der Waals surface area contributed by atoms with Crippen LogP contribution in [0.25, 0.3) is 0 Å². The maximum absolute atomic E-state index is 12.5. The van der Waals surface area contributed by atoms with E-state index in [1.165, 1.54) is 6.42 Å². The molecule has 0 aromatic heterocycles. The molecule has 0 bridgehead atoms. The number of amides is 2. The molecular weight excluding hydrogens is 356 g/mol. The Balaban J connectivity index is 1.56. The second-order valence-electron chi connectivity index (χ2n) is 6.93. The standard InChI is InChI=1S/C18H23BrN2O2/c1-11-4-3-7-21(10-11)18(23)15-9-14(15)17(22)20-13-5-6-16(19)12(2)8-13/h5-6,8,11,14-15H,3-4,7,9-10H2,1-2H3,(H,20,22). The van der Waals surface area contributed by atoms with Gasteiger partial charge in [0.05, 0.1) is 11.8 Å². The molecule has 2 amide bonds. The number of carbonyl (C=O) groups excluding carboxylic acids is 2. The lowest BCUT2D eigenvalue weighted by molar-refractivity contribution is -0.135. The molecule has 1 saturated carbocycles. The summed E-state index contributed by atoms with van der Waals surface area (Å²) in [6.45, 7) is 5.86. The van der Waals surface area contributed by atoms with Crippen LogP contribution in [0, 0.1) is 24.7 Å². The van der Waals surface area contributed by atoms with E-state index >= 15 is 0 Å². The Morgan fingerprint density at radius 2 is 2.09 bits per heavy atom. The largest absolute Gasteiger partial charge is 0.342 e. The van der Waals surface area contributed by atoms with Crippen molar-refractivity contribution in [2.45, 2.75) is 33.1 Å². The SMILES string of the molecule is Cc1cc(NC(=O)C2CC2C(=O)N2CCCC(C)C2)ccc1Br. The van der Waals surface area contributed by atoms with Crippen LogP contribution in [0.2, 0.25) is 0 Å². The molecule has 2 fully saturated rings. The summed E-state index contributed by atoms with van der Waals surface area (Å²) in [7, 11) is 0. The molecule has 1 heterocycles. The topological polar surface area (TPSA) is 49.4 Å². The summed E-state index contributed by atoms with van der Waals surface area (Å²) in [5.41, 5.74) is 1.87. The molecule has 23 heavy (non-hydrogen) atoms. The van der Waals surface area contributed by atoms with Crippen LogP contribution in [0.4, 0.5) is 5.69 Å². The molecule has 5 heteroatoms. The molecule has 1 saturated heterocycles. The zero-order valence-electron chi connectivity index (χ0n) is 13.6. The summed E-state index contributed by atoms with van der Waals surface area (Å²) >= 11 is 3.45. The van der Waals surface area contributed by atoms with Gasteiger partial charge in [-0.15, -0.1) is 0 Å². The summed E-state index contributed by atoms with van der Waals surface area (Å²) in [5, 5.41) is 2.94. The van der Waals surface area contributed by atoms with E-state index in [9.17, 15) is 9.59 Å². The van der Waals surface area contributed by atoms with Crippen molar-refractivity contribution >= 4 is 33.4 Å². The molecule has 3 unspecified atom stereocenters. The van der Waals surface area contributed by atoms with Gasteiger partial charge in [-0.1, -0.05) is 22.9 Å². The quantitative estimate of drug-likeness (QED) is 0.873. The lowest BCUT2D eigenvalue weighted by Crippen LogP contribution is -2.40. The number of rotatable bonds is 3. The third-order valence-corrected chi connectivity index (χ3v) is 5.73. The first kappa shape index (κ1) is 16.5. The van der Waals surface area contributed by atoms with Gasteiger partial charge >= 0.3 is 0 Å². The van der Waals surface area contributed by atoms with Gasteiger partial charge in [-0.25, -0.2) is 0 Å². The molecule has 0 radical (unpaired) electrons. The third-order valence-electron chi connectivity index (χ3n) is 4.84. The lowest BCUT2D eigenvalue weighted by Gasteiger charge is -2.31. The van der Waals surface area contributed by atoms with Gasteiger partial charge in [0.2, 0.25) is 11.8 Å². The van der Waals surface area contributed by atoms with Gasteiger partial charge in [-0.2, -0.15) is 0 Å². The van der Waals surface area contributed by atoms with Gasteiger partial charge < -0.3 is 10.2 Å². The highest BCUT2D eigenvalue weighted by Gasteiger charge is 2.49. The highest BCUT2D eigenvalue weighted by atomic mass is 79.9.